The van der Waals surface area contributed by atoms with Crippen molar-refractivity contribution >= 4 is 11.8 Å². The number of hydrogen-bond acceptors (Lipinski definition) is 4. The molecule has 1 fully saturated rings. The summed E-state index contributed by atoms with van der Waals surface area (Å²) in [6, 6.07) is 6.31. The fourth-order valence-electron chi connectivity index (χ4n) is 1.95. The molecule has 0 radical (unpaired) electrons. The minimum atomic E-state index is -0.756. The second-order valence-corrected chi connectivity index (χ2v) is 5.57. The predicted molar refractivity (Wildman–Crippen MR) is 68.4 cm³/mol. The Kier molecular flexibility index (Phi) is 4.09. The van der Waals surface area contributed by atoms with E-state index in [1.54, 1.807) is 11.8 Å². The van der Waals surface area contributed by atoms with E-state index in [0.717, 1.165) is 0 Å². The number of thioether (sulfide) groups is 1. The minimum Gasteiger partial charge on any atom is -0.388 e. The van der Waals surface area contributed by atoms with Crippen molar-refractivity contribution in [1.82, 2.24) is 0 Å². The van der Waals surface area contributed by atoms with Crippen molar-refractivity contribution in [3.8, 4) is 0 Å². The van der Waals surface area contributed by atoms with E-state index in [4.69, 9.17) is 4.74 Å². The highest BCUT2D eigenvalue weighted by molar-refractivity contribution is 7.99. The molecule has 0 aliphatic carbocycles. The van der Waals surface area contributed by atoms with E-state index in [1.807, 2.05) is 0 Å². The lowest BCUT2D eigenvalue weighted by Crippen LogP contribution is -2.31. The fourth-order valence-corrected chi connectivity index (χ4v) is 3.04. The van der Waals surface area contributed by atoms with Crippen molar-refractivity contribution in [3.05, 3.63) is 29.3 Å². The van der Waals surface area contributed by atoms with E-state index in [1.165, 1.54) is 16.0 Å². The Morgan fingerprint density at radius 1 is 1.35 bits per heavy atom. The molecule has 3 nitrogen and oxygen atoms in total. The predicted octanol–water partition coefficient (Wildman–Crippen LogP) is 1.52. The van der Waals surface area contributed by atoms with E-state index in [2.05, 4.69) is 32.0 Å². The van der Waals surface area contributed by atoms with Gasteiger partial charge in [0.25, 0.3) is 0 Å². The van der Waals surface area contributed by atoms with Crippen LogP contribution in [0.3, 0.4) is 0 Å². The molecule has 3 atom stereocenters. The van der Waals surface area contributed by atoms with Gasteiger partial charge in [0.1, 0.15) is 12.2 Å². The summed E-state index contributed by atoms with van der Waals surface area (Å²) in [6.07, 6.45) is -1.76. The van der Waals surface area contributed by atoms with Gasteiger partial charge in [-0.15, -0.1) is 11.8 Å². The second-order valence-electron chi connectivity index (χ2n) is 4.51. The van der Waals surface area contributed by atoms with Crippen molar-refractivity contribution in [2.75, 3.05) is 12.4 Å². The smallest absolute Gasteiger partial charge is 0.109 e. The zero-order valence-electron chi connectivity index (χ0n) is 10.1. The zero-order valence-corrected chi connectivity index (χ0v) is 10.9. The van der Waals surface area contributed by atoms with Gasteiger partial charge >= 0.3 is 0 Å². The van der Waals surface area contributed by atoms with Crippen LogP contribution in [0.4, 0.5) is 0 Å². The summed E-state index contributed by atoms with van der Waals surface area (Å²) in [5, 5.41) is 19.0. The molecule has 0 saturated carbocycles. The van der Waals surface area contributed by atoms with Gasteiger partial charge in [0, 0.05) is 10.6 Å². The lowest BCUT2D eigenvalue weighted by Gasteiger charge is -2.15. The van der Waals surface area contributed by atoms with Gasteiger partial charge in [-0.3, -0.25) is 0 Å². The summed E-state index contributed by atoms with van der Waals surface area (Å²) in [5.41, 5.74) is 2.49. The first-order chi connectivity index (χ1) is 8.08. The molecular formula is C13H18O3S. The first-order valence-corrected chi connectivity index (χ1v) is 6.74. The average molecular weight is 254 g/mol. The van der Waals surface area contributed by atoms with Crippen LogP contribution in [-0.4, -0.2) is 40.9 Å². The van der Waals surface area contributed by atoms with Crippen molar-refractivity contribution in [3.63, 3.8) is 0 Å². The van der Waals surface area contributed by atoms with E-state index >= 15 is 0 Å². The van der Waals surface area contributed by atoms with Crippen LogP contribution in [0.1, 0.15) is 11.1 Å². The van der Waals surface area contributed by atoms with Crippen LogP contribution in [0.2, 0.25) is 0 Å². The van der Waals surface area contributed by atoms with E-state index in [9.17, 15) is 10.2 Å². The summed E-state index contributed by atoms with van der Waals surface area (Å²) < 4.78 is 5.34. The van der Waals surface area contributed by atoms with Crippen LogP contribution in [0.5, 0.6) is 0 Å². The maximum atomic E-state index is 9.66. The summed E-state index contributed by atoms with van der Waals surface area (Å²) >= 11 is 1.66. The normalized spacial score (nSPS) is 28.6. The van der Waals surface area contributed by atoms with Gasteiger partial charge in [-0.1, -0.05) is 17.7 Å². The first kappa shape index (κ1) is 12.9. The topological polar surface area (TPSA) is 49.7 Å². The van der Waals surface area contributed by atoms with E-state index in [-0.39, 0.29) is 12.7 Å². The molecule has 1 aliphatic rings. The lowest BCUT2D eigenvalue weighted by molar-refractivity contribution is 0.0337. The van der Waals surface area contributed by atoms with Crippen molar-refractivity contribution in [1.29, 1.82) is 0 Å². The third kappa shape index (κ3) is 3.01. The lowest BCUT2D eigenvalue weighted by atomic mass is 10.2. The number of ether oxygens (including phenoxy) is 1. The molecule has 0 spiro atoms. The molecule has 1 heterocycles. The van der Waals surface area contributed by atoms with Crippen LogP contribution in [-0.2, 0) is 4.74 Å². The van der Waals surface area contributed by atoms with E-state index in [0.29, 0.717) is 5.75 Å². The maximum absolute atomic E-state index is 9.66. The molecule has 1 aromatic rings. The molecule has 0 amide bonds. The summed E-state index contributed by atoms with van der Waals surface area (Å²) in [4.78, 5) is 1.20. The van der Waals surface area contributed by atoms with E-state index < -0.39 is 12.2 Å². The van der Waals surface area contributed by atoms with Gasteiger partial charge in [-0.25, -0.2) is 0 Å². The summed E-state index contributed by atoms with van der Waals surface area (Å²) in [6.45, 7) is 4.39. The van der Waals surface area contributed by atoms with Gasteiger partial charge < -0.3 is 14.9 Å². The van der Waals surface area contributed by atoms with Crippen LogP contribution in [0.15, 0.2) is 23.1 Å². The minimum absolute atomic E-state index is 0.235. The monoisotopic (exact) mass is 254 g/mol. The third-order valence-corrected chi connectivity index (χ3v) is 4.25. The number of hydrogen-bond donors (Lipinski definition) is 2. The number of aliphatic hydroxyl groups excluding tert-OH is 2. The molecule has 0 aromatic heterocycles. The highest BCUT2D eigenvalue weighted by atomic mass is 32.2. The van der Waals surface area contributed by atoms with Crippen LogP contribution in [0.25, 0.3) is 0 Å². The SMILES string of the molecule is Cc1ccc(SCC2OCC(O)C2O)c(C)c1. The van der Waals surface area contributed by atoms with Gasteiger partial charge in [-0.05, 0) is 25.5 Å². The standard InChI is InChI=1S/C13H18O3S/c1-8-3-4-12(9(2)5-8)17-7-11-13(15)10(14)6-16-11/h3-5,10-11,13-15H,6-7H2,1-2H3. The van der Waals surface area contributed by atoms with Crippen molar-refractivity contribution in [2.45, 2.75) is 37.1 Å². The molecular weight excluding hydrogens is 236 g/mol. The van der Waals surface area contributed by atoms with Crippen LogP contribution < -0.4 is 0 Å². The Labute approximate surface area is 106 Å². The number of benzene rings is 1. The highest BCUT2D eigenvalue weighted by Crippen LogP contribution is 2.27. The molecule has 1 aromatic carbocycles. The Balaban J connectivity index is 1.94. The Hall–Kier alpha value is -0.550. The molecule has 1 saturated heterocycles. The summed E-state index contributed by atoms with van der Waals surface area (Å²) in [7, 11) is 0. The first-order valence-electron chi connectivity index (χ1n) is 5.75. The third-order valence-electron chi connectivity index (χ3n) is 2.99. The fraction of sp³-hybridized carbons (Fsp3) is 0.538. The van der Waals surface area contributed by atoms with Crippen molar-refractivity contribution < 1.29 is 14.9 Å². The Morgan fingerprint density at radius 2 is 2.12 bits per heavy atom. The molecule has 17 heavy (non-hydrogen) atoms. The quantitative estimate of drug-likeness (QED) is 0.803. The van der Waals surface area contributed by atoms with Gasteiger partial charge in [-0.2, -0.15) is 0 Å². The molecule has 1 aliphatic heterocycles. The number of aliphatic hydroxyl groups is 2. The van der Waals surface area contributed by atoms with Gasteiger partial charge in [0.15, 0.2) is 0 Å². The molecule has 94 valence electrons. The zero-order chi connectivity index (χ0) is 12.4. The van der Waals surface area contributed by atoms with Gasteiger partial charge in [0.05, 0.1) is 12.7 Å². The van der Waals surface area contributed by atoms with Crippen molar-refractivity contribution in [2.24, 2.45) is 0 Å². The Bertz CT molecular complexity index is 394. The average Bonchev–Trinajstić information content (AvgIpc) is 2.59. The number of rotatable bonds is 3. The highest BCUT2D eigenvalue weighted by Gasteiger charge is 2.34. The molecule has 4 heteroatoms. The molecule has 2 N–H and O–H groups in total. The number of aryl methyl sites for hydroxylation is 2. The maximum Gasteiger partial charge on any atom is 0.109 e. The van der Waals surface area contributed by atoms with Crippen LogP contribution >= 0.6 is 11.8 Å². The molecule has 3 unspecified atom stereocenters. The second kappa shape index (κ2) is 5.40. The molecule has 2 rings (SSSR count). The largest absolute Gasteiger partial charge is 0.388 e. The Morgan fingerprint density at radius 3 is 2.71 bits per heavy atom. The molecule has 0 bridgehead atoms. The van der Waals surface area contributed by atoms with Crippen LogP contribution in [0, 0.1) is 13.8 Å². The van der Waals surface area contributed by atoms with Gasteiger partial charge in [0.2, 0.25) is 0 Å². The summed E-state index contributed by atoms with van der Waals surface area (Å²) in [5.74, 6) is 0.669.